The quantitative estimate of drug-likeness (QED) is 0.756. The van der Waals surface area contributed by atoms with E-state index in [1.807, 2.05) is 34.7 Å². The van der Waals surface area contributed by atoms with Gasteiger partial charge in [-0.3, -0.25) is 4.68 Å². The zero-order chi connectivity index (χ0) is 19.4. The van der Waals surface area contributed by atoms with Crippen molar-refractivity contribution in [2.45, 2.75) is 66.1 Å². The van der Waals surface area contributed by atoms with Crippen molar-refractivity contribution >= 4 is 6.03 Å². The van der Waals surface area contributed by atoms with E-state index in [1.54, 1.807) is 0 Å². The molecule has 5 nitrogen and oxygen atoms in total. The normalized spacial score (nSPS) is 13.8. The highest BCUT2D eigenvalue weighted by Crippen LogP contribution is 2.27. The van der Waals surface area contributed by atoms with Crippen LogP contribution in [0.1, 0.15) is 55.6 Å². The van der Waals surface area contributed by atoms with E-state index < -0.39 is 0 Å². The van der Waals surface area contributed by atoms with Gasteiger partial charge in [0.25, 0.3) is 0 Å². The van der Waals surface area contributed by atoms with E-state index in [-0.39, 0.29) is 6.03 Å². The van der Waals surface area contributed by atoms with Gasteiger partial charge in [0, 0.05) is 30.4 Å². The topological polar surface area (TPSA) is 50.2 Å². The monoisotopic (exact) mass is 368 g/mol. The summed E-state index contributed by atoms with van der Waals surface area (Å²) in [5.74, 6) is 0.611. The Labute approximate surface area is 162 Å². The summed E-state index contributed by atoms with van der Waals surface area (Å²) in [4.78, 5) is 14.7. The molecule has 0 unspecified atom stereocenters. The third kappa shape index (κ3) is 5.12. The number of nitrogens with one attached hydrogen (secondary N) is 1. The zero-order valence-electron chi connectivity index (χ0n) is 17.0. The molecular weight excluding hydrogens is 336 g/mol. The van der Waals surface area contributed by atoms with Crippen molar-refractivity contribution in [3.63, 3.8) is 0 Å². The van der Waals surface area contributed by atoms with E-state index in [1.165, 1.54) is 5.56 Å². The van der Waals surface area contributed by atoms with Crippen molar-refractivity contribution in [2.24, 2.45) is 5.92 Å². The molecule has 1 aromatic heterocycles. The van der Waals surface area contributed by atoms with E-state index in [0.717, 1.165) is 49.3 Å². The molecule has 0 saturated heterocycles. The first kappa shape index (κ1) is 19.5. The number of rotatable bonds is 8. The molecule has 1 aromatic carbocycles. The summed E-state index contributed by atoms with van der Waals surface area (Å²) in [6.07, 6.45) is 3.33. The van der Waals surface area contributed by atoms with Gasteiger partial charge in [-0.2, -0.15) is 5.10 Å². The predicted molar refractivity (Wildman–Crippen MR) is 109 cm³/mol. The van der Waals surface area contributed by atoms with Crippen LogP contribution in [0.4, 0.5) is 4.79 Å². The molecule has 1 N–H and O–H groups in total. The smallest absolute Gasteiger partial charge is 0.317 e. The molecule has 0 atom stereocenters. The maximum atomic E-state index is 12.7. The van der Waals surface area contributed by atoms with Gasteiger partial charge in [0.15, 0.2) is 0 Å². The van der Waals surface area contributed by atoms with Gasteiger partial charge in [0.2, 0.25) is 0 Å². The van der Waals surface area contributed by atoms with Crippen LogP contribution in [0.25, 0.3) is 0 Å². The van der Waals surface area contributed by atoms with Crippen molar-refractivity contribution < 1.29 is 4.79 Å². The molecular formula is C22H32N4O. The number of amides is 2. The minimum absolute atomic E-state index is 0.0627. The first-order valence-corrected chi connectivity index (χ1v) is 10.1. The number of hydrogen-bond acceptors (Lipinski definition) is 2. The number of urea groups is 1. The third-order valence-corrected chi connectivity index (χ3v) is 5.32. The summed E-state index contributed by atoms with van der Waals surface area (Å²) in [5.41, 5.74) is 4.46. The fourth-order valence-electron chi connectivity index (χ4n) is 3.40. The van der Waals surface area contributed by atoms with Crippen LogP contribution in [-0.4, -0.2) is 33.3 Å². The van der Waals surface area contributed by atoms with E-state index in [4.69, 9.17) is 0 Å². The highest BCUT2D eigenvalue weighted by Gasteiger charge is 2.32. The number of carbonyl (C=O) groups excluding carboxylic acids is 1. The summed E-state index contributed by atoms with van der Waals surface area (Å²) in [5, 5.41) is 7.82. The molecule has 1 saturated carbocycles. The predicted octanol–water partition coefficient (Wildman–Crippen LogP) is 4.27. The van der Waals surface area contributed by atoms with Gasteiger partial charge in [-0.15, -0.1) is 0 Å². The van der Waals surface area contributed by atoms with Crippen molar-refractivity contribution in [1.29, 1.82) is 0 Å². The SMILES string of the molecule is Cc1nn(Cc2ccccc2)c(C)c1CNC(=O)N(CCC(C)C)C1CC1. The Hall–Kier alpha value is -2.30. The average molecular weight is 369 g/mol. The number of aromatic nitrogens is 2. The summed E-state index contributed by atoms with van der Waals surface area (Å²) in [6, 6.07) is 10.8. The summed E-state index contributed by atoms with van der Waals surface area (Å²) >= 11 is 0. The highest BCUT2D eigenvalue weighted by molar-refractivity contribution is 5.75. The summed E-state index contributed by atoms with van der Waals surface area (Å²) < 4.78 is 2.03. The number of nitrogens with zero attached hydrogens (tertiary/aromatic N) is 3. The van der Waals surface area contributed by atoms with E-state index in [2.05, 4.69) is 43.3 Å². The van der Waals surface area contributed by atoms with Crippen LogP contribution in [0.15, 0.2) is 30.3 Å². The molecule has 1 aliphatic rings. The zero-order valence-corrected chi connectivity index (χ0v) is 17.0. The van der Waals surface area contributed by atoms with Gasteiger partial charge in [-0.1, -0.05) is 44.2 Å². The lowest BCUT2D eigenvalue weighted by molar-refractivity contribution is 0.191. The molecule has 1 heterocycles. The van der Waals surface area contributed by atoms with Gasteiger partial charge in [-0.05, 0) is 44.6 Å². The van der Waals surface area contributed by atoms with E-state index in [0.29, 0.717) is 18.5 Å². The summed E-state index contributed by atoms with van der Waals surface area (Å²) in [6.45, 7) is 10.7. The van der Waals surface area contributed by atoms with Gasteiger partial charge in [0.05, 0.1) is 12.2 Å². The van der Waals surface area contributed by atoms with Crippen LogP contribution >= 0.6 is 0 Å². The Bertz CT molecular complexity index is 762. The molecule has 2 amide bonds. The second-order valence-corrected chi connectivity index (χ2v) is 8.06. The van der Waals surface area contributed by atoms with Crippen molar-refractivity contribution in [3.05, 3.63) is 52.8 Å². The number of aryl methyl sites for hydroxylation is 1. The molecule has 0 radical (unpaired) electrons. The van der Waals surface area contributed by atoms with Gasteiger partial charge < -0.3 is 10.2 Å². The summed E-state index contributed by atoms with van der Waals surface area (Å²) in [7, 11) is 0. The Morgan fingerprint density at radius 3 is 2.59 bits per heavy atom. The molecule has 1 fully saturated rings. The lowest BCUT2D eigenvalue weighted by Crippen LogP contribution is -2.42. The maximum Gasteiger partial charge on any atom is 0.317 e. The van der Waals surface area contributed by atoms with Gasteiger partial charge >= 0.3 is 6.03 Å². The highest BCUT2D eigenvalue weighted by atomic mass is 16.2. The number of benzene rings is 1. The molecule has 0 spiro atoms. The minimum Gasteiger partial charge on any atom is -0.334 e. The molecule has 146 valence electrons. The Morgan fingerprint density at radius 1 is 1.26 bits per heavy atom. The van der Waals surface area contributed by atoms with Crippen LogP contribution in [0, 0.1) is 19.8 Å². The largest absolute Gasteiger partial charge is 0.334 e. The standard InChI is InChI=1S/C22H32N4O/c1-16(2)12-13-25(20-10-11-20)22(27)23-14-21-17(3)24-26(18(21)4)15-19-8-6-5-7-9-19/h5-9,16,20H,10-15H2,1-4H3,(H,23,27). The molecule has 1 aliphatic carbocycles. The van der Waals surface area contributed by atoms with Crippen LogP contribution in [0.2, 0.25) is 0 Å². The van der Waals surface area contributed by atoms with Crippen LogP contribution < -0.4 is 5.32 Å². The van der Waals surface area contributed by atoms with Crippen LogP contribution in [0.3, 0.4) is 0 Å². The molecule has 27 heavy (non-hydrogen) atoms. The number of carbonyl (C=O) groups is 1. The van der Waals surface area contributed by atoms with Gasteiger partial charge in [-0.25, -0.2) is 4.79 Å². The molecule has 2 aromatic rings. The third-order valence-electron chi connectivity index (χ3n) is 5.32. The molecule has 0 aliphatic heterocycles. The molecule has 3 rings (SSSR count). The van der Waals surface area contributed by atoms with E-state index in [9.17, 15) is 4.79 Å². The number of hydrogen-bond donors (Lipinski definition) is 1. The second-order valence-electron chi connectivity index (χ2n) is 8.06. The Balaban J connectivity index is 1.62. The first-order chi connectivity index (χ1) is 13.0. The maximum absolute atomic E-state index is 12.7. The Morgan fingerprint density at radius 2 is 1.96 bits per heavy atom. The van der Waals surface area contributed by atoms with Crippen LogP contribution in [0.5, 0.6) is 0 Å². The Kier molecular flexibility index (Phi) is 6.19. The fraction of sp³-hybridized carbons (Fsp3) is 0.545. The average Bonchev–Trinajstić information content (AvgIpc) is 3.43. The minimum atomic E-state index is 0.0627. The lowest BCUT2D eigenvalue weighted by atomic mass is 10.1. The van der Waals surface area contributed by atoms with Crippen LogP contribution in [-0.2, 0) is 13.1 Å². The van der Waals surface area contributed by atoms with Gasteiger partial charge in [0.1, 0.15) is 0 Å². The van der Waals surface area contributed by atoms with Crippen molar-refractivity contribution in [3.8, 4) is 0 Å². The lowest BCUT2D eigenvalue weighted by Gasteiger charge is -2.23. The second kappa shape index (κ2) is 8.59. The molecule has 5 heteroatoms. The van der Waals surface area contributed by atoms with E-state index >= 15 is 0 Å². The van der Waals surface area contributed by atoms with Crippen molar-refractivity contribution in [2.75, 3.05) is 6.54 Å². The fourth-order valence-corrected chi connectivity index (χ4v) is 3.40. The molecule has 0 bridgehead atoms. The van der Waals surface area contributed by atoms with Crippen molar-refractivity contribution in [1.82, 2.24) is 20.0 Å². The first-order valence-electron chi connectivity index (χ1n) is 10.1.